The van der Waals surface area contributed by atoms with Crippen LogP contribution in [0, 0.1) is 0 Å². The number of nitrogens with zero attached hydrogens (tertiary/aromatic N) is 2. The molecule has 0 bridgehead atoms. The standard InChI is InChI=1S/C19H18N4O3S2/c1-11(22-23-18(25)17(20)24)12-7-8-15(26-2)13(9-12)10-27-19-21-14-5-3-4-6-16(14)28-19/h3-9H,10H2,1-2H3,(H2,20,24)(H,23,25)/b22-11-. The molecule has 28 heavy (non-hydrogen) atoms. The summed E-state index contributed by atoms with van der Waals surface area (Å²) < 4.78 is 7.59. The molecule has 0 aliphatic rings. The number of aromatic nitrogens is 1. The summed E-state index contributed by atoms with van der Waals surface area (Å²) >= 11 is 3.28. The number of fused-ring (bicyclic) bond motifs is 1. The Morgan fingerprint density at radius 1 is 1.29 bits per heavy atom. The van der Waals surface area contributed by atoms with Crippen molar-refractivity contribution >= 4 is 50.8 Å². The number of para-hydroxylation sites is 1. The van der Waals surface area contributed by atoms with Crippen molar-refractivity contribution < 1.29 is 14.3 Å². The Labute approximate surface area is 170 Å². The van der Waals surface area contributed by atoms with Gasteiger partial charge in [0, 0.05) is 11.3 Å². The molecule has 0 aliphatic carbocycles. The van der Waals surface area contributed by atoms with Crippen molar-refractivity contribution in [3.8, 4) is 5.75 Å². The van der Waals surface area contributed by atoms with Crippen molar-refractivity contribution in [2.24, 2.45) is 10.8 Å². The van der Waals surface area contributed by atoms with E-state index in [9.17, 15) is 9.59 Å². The van der Waals surface area contributed by atoms with E-state index in [1.807, 2.05) is 36.4 Å². The minimum absolute atomic E-state index is 0.545. The highest BCUT2D eigenvalue weighted by Gasteiger charge is 2.11. The van der Waals surface area contributed by atoms with Crippen LogP contribution in [0.1, 0.15) is 18.1 Å². The van der Waals surface area contributed by atoms with Crippen molar-refractivity contribution in [2.45, 2.75) is 17.0 Å². The molecule has 3 rings (SSSR count). The Kier molecular flexibility index (Phi) is 6.27. The Morgan fingerprint density at radius 3 is 2.79 bits per heavy atom. The highest BCUT2D eigenvalue weighted by Crippen LogP contribution is 2.33. The van der Waals surface area contributed by atoms with Gasteiger partial charge in [-0.3, -0.25) is 9.59 Å². The third-order valence-electron chi connectivity index (χ3n) is 3.87. The van der Waals surface area contributed by atoms with Gasteiger partial charge in [-0.05, 0) is 42.8 Å². The Balaban J connectivity index is 1.77. The number of nitrogens with one attached hydrogen (secondary N) is 1. The van der Waals surface area contributed by atoms with Gasteiger partial charge < -0.3 is 10.5 Å². The summed E-state index contributed by atoms with van der Waals surface area (Å²) in [5.41, 5.74) is 10.3. The molecule has 0 spiro atoms. The number of primary amides is 1. The summed E-state index contributed by atoms with van der Waals surface area (Å²) in [7, 11) is 1.62. The largest absolute Gasteiger partial charge is 0.496 e. The molecule has 0 fully saturated rings. The van der Waals surface area contributed by atoms with Gasteiger partial charge >= 0.3 is 11.8 Å². The number of benzene rings is 2. The summed E-state index contributed by atoms with van der Waals surface area (Å²) in [5.74, 6) is -0.623. The Hall–Kier alpha value is -2.91. The SMILES string of the molecule is COc1ccc(/C(C)=N\NC(=O)C(N)=O)cc1CSc1nc2ccccc2s1. The zero-order valence-corrected chi connectivity index (χ0v) is 16.9. The molecule has 144 valence electrons. The minimum Gasteiger partial charge on any atom is -0.496 e. The van der Waals surface area contributed by atoms with Gasteiger partial charge in [-0.1, -0.05) is 23.9 Å². The first-order valence-corrected chi connectivity index (χ1v) is 10.1. The highest BCUT2D eigenvalue weighted by atomic mass is 32.2. The maximum Gasteiger partial charge on any atom is 0.329 e. The van der Waals surface area contributed by atoms with Crippen LogP contribution in [0.2, 0.25) is 0 Å². The predicted octanol–water partition coefficient (Wildman–Crippen LogP) is 2.92. The monoisotopic (exact) mass is 414 g/mol. The van der Waals surface area contributed by atoms with Gasteiger partial charge in [-0.15, -0.1) is 11.3 Å². The second-order valence-corrected chi connectivity index (χ2v) is 8.02. The van der Waals surface area contributed by atoms with Crippen molar-refractivity contribution in [2.75, 3.05) is 7.11 Å². The van der Waals surface area contributed by atoms with Crippen LogP contribution in [-0.2, 0) is 15.3 Å². The number of amides is 2. The van der Waals surface area contributed by atoms with E-state index in [1.165, 1.54) is 0 Å². The van der Waals surface area contributed by atoms with Gasteiger partial charge in [0.05, 0.1) is 23.0 Å². The van der Waals surface area contributed by atoms with Gasteiger partial charge in [0.25, 0.3) is 0 Å². The molecule has 3 N–H and O–H groups in total. The molecular weight excluding hydrogens is 396 g/mol. The molecule has 0 aliphatic heterocycles. The highest BCUT2D eigenvalue weighted by molar-refractivity contribution is 8.00. The Morgan fingerprint density at radius 2 is 2.07 bits per heavy atom. The minimum atomic E-state index is -1.08. The Bertz CT molecular complexity index is 1030. The first-order valence-electron chi connectivity index (χ1n) is 8.27. The number of hydrogen-bond donors (Lipinski definition) is 2. The third kappa shape index (κ3) is 4.68. The van der Waals surface area contributed by atoms with E-state index >= 15 is 0 Å². The topological polar surface area (TPSA) is 107 Å². The molecule has 9 heteroatoms. The van der Waals surface area contributed by atoms with Crippen molar-refractivity contribution in [1.29, 1.82) is 0 Å². The molecule has 3 aromatic rings. The van der Waals surface area contributed by atoms with E-state index in [0.717, 1.165) is 31.4 Å². The fraction of sp³-hybridized carbons (Fsp3) is 0.158. The second-order valence-electron chi connectivity index (χ2n) is 5.77. The lowest BCUT2D eigenvalue weighted by Gasteiger charge is -2.10. The van der Waals surface area contributed by atoms with Crippen LogP contribution < -0.4 is 15.9 Å². The molecule has 2 amide bonds. The van der Waals surface area contributed by atoms with Crippen LogP contribution in [-0.4, -0.2) is 29.6 Å². The number of rotatable bonds is 6. The second kappa shape index (κ2) is 8.85. The fourth-order valence-corrected chi connectivity index (χ4v) is 4.47. The first-order chi connectivity index (χ1) is 13.5. The van der Waals surface area contributed by atoms with Gasteiger partial charge in [-0.25, -0.2) is 10.4 Å². The molecule has 0 saturated carbocycles. The van der Waals surface area contributed by atoms with Crippen LogP contribution in [0.4, 0.5) is 0 Å². The van der Waals surface area contributed by atoms with Gasteiger partial charge in [0.1, 0.15) is 5.75 Å². The molecule has 0 atom stereocenters. The molecule has 0 saturated heterocycles. The fourth-order valence-electron chi connectivity index (χ4n) is 2.42. The zero-order valence-electron chi connectivity index (χ0n) is 15.3. The smallest absolute Gasteiger partial charge is 0.329 e. The zero-order chi connectivity index (χ0) is 20.1. The molecular formula is C19H18N4O3S2. The van der Waals surface area contributed by atoms with Crippen LogP contribution in [0.5, 0.6) is 5.75 Å². The maximum atomic E-state index is 11.3. The van der Waals surface area contributed by atoms with E-state index in [0.29, 0.717) is 11.5 Å². The van der Waals surface area contributed by atoms with Gasteiger partial charge in [0.15, 0.2) is 4.34 Å². The van der Waals surface area contributed by atoms with Gasteiger partial charge in [0.2, 0.25) is 0 Å². The van der Waals surface area contributed by atoms with Crippen molar-refractivity contribution in [3.05, 3.63) is 53.6 Å². The molecule has 2 aromatic carbocycles. The maximum absolute atomic E-state index is 11.3. The van der Waals surface area contributed by atoms with Crippen molar-refractivity contribution in [1.82, 2.24) is 10.4 Å². The van der Waals surface area contributed by atoms with Crippen LogP contribution in [0.15, 0.2) is 51.9 Å². The lowest BCUT2D eigenvalue weighted by molar-refractivity contribution is -0.137. The average Bonchev–Trinajstić information content (AvgIpc) is 3.12. The first kappa shape index (κ1) is 19.8. The summed E-state index contributed by atoms with van der Waals surface area (Å²) in [4.78, 5) is 26.7. The number of ether oxygens (including phenoxy) is 1. The number of hydrazone groups is 1. The quantitative estimate of drug-likeness (QED) is 0.279. The van der Waals surface area contributed by atoms with E-state index in [2.05, 4.69) is 21.6 Å². The number of nitrogens with two attached hydrogens (primary N) is 1. The summed E-state index contributed by atoms with van der Waals surface area (Å²) in [6.45, 7) is 1.73. The van der Waals surface area contributed by atoms with E-state index in [4.69, 9.17) is 10.5 Å². The molecule has 0 radical (unpaired) electrons. The average molecular weight is 415 g/mol. The number of methoxy groups -OCH3 is 1. The number of thiazole rings is 1. The molecule has 1 aromatic heterocycles. The lowest BCUT2D eigenvalue weighted by atomic mass is 10.1. The van der Waals surface area contributed by atoms with Crippen LogP contribution in [0.3, 0.4) is 0 Å². The third-order valence-corrected chi connectivity index (χ3v) is 6.10. The molecule has 7 nitrogen and oxygen atoms in total. The molecule has 0 unspecified atom stereocenters. The lowest BCUT2D eigenvalue weighted by Crippen LogP contribution is -2.33. The number of thioether (sulfide) groups is 1. The predicted molar refractivity (Wildman–Crippen MR) is 112 cm³/mol. The van der Waals surface area contributed by atoms with Crippen LogP contribution >= 0.6 is 23.1 Å². The number of hydrogen-bond acceptors (Lipinski definition) is 7. The summed E-state index contributed by atoms with van der Waals surface area (Å²) in [6.07, 6.45) is 0. The number of carbonyl (C=O) groups is 2. The van der Waals surface area contributed by atoms with E-state index in [-0.39, 0.29) is 0 Å². The molecule has 1 heterocycles. The van der Waals surface area contributed by atoms with E-state index < -0.39 is 11.8 Å². The summed E-state index contributed by atoms with van der Waals surface area (Å²) in [6, 6.07) is 13.6. The normalized spacial score (nSPS) is 11.4. The van der Waals surface area contributed by atoms with E-state index in [1.54, 1.807) is 37.1 Å². The number of carbonyl (C=O) groups excluding carboxylic acids is 2. The van der Waals surface area contributed by atoms with Gasteiger partial charge in [-0.2, -0.15) is 5.10 Å². The van der Waals surface area contributed by atoms with Crippen LogP contribution in [0.25, 0.3) is 10.2 Å². The summed E-state index contributed by atoms with van der Waals surface area (Å²) in [5, 5.41) is 3.92. The van der Waals surface area contributed by atoms with Crippen molar-refractivity contribution in [3.63, 3.8) is 0 Å².